The smallest absolute Gasteiger partial charge is 0.419 e. The van der Waals surface area contributed by atoms with Gasteiger partial charge in [0, 0.05) is 24.9 Å². The highest BCUT2D eigenvalue weighted by atomic mass is 19.4. The topological polar surface area (TPSA) is 42.4 Å². The van der Waals surface area contributed by atoms with Crippen LogP contribution in [0.1, 0.15) is 12.0 Å². The molecule has 1 aromatic rings. The van der Waals surface area contributed by atoms with E-state index in [2.05, 4.69) is 9.72 Å². The SMILES string of the molecule is COC(=O)C1=CCN(c2ncccc2C(F)(F)F)CC1. The lowest BCUT2D eigenvalue weighted by Gasteiger charge is -2.28. The minimum atomic E-state index is -4.45. The van der Waals surface area contributed by atoms with Gasteiger partial charge in [-0.25, -0.2) is 9.78 Å². The summed E-state index contributed by atoms with van der Waals surface area (Å²) in [6.07, 6.45) is -1.22. The first-order chi connectivity index (χ1) is 9.43. The molecule has 0 radical (unpaired) electrons. The number of hydrogen-bond donors (Lipinski definition) is 0. The number of anilines is 1. The van der Waals surface area contributed by atoms with E-state index in [9.17, 15) is 18.0 Å². The molecule has 1 aliphatic rings. The molecule has 0 aromatic carbocycles. The zero-order valence-electron chi connectivity index (χ0n) is 10.8. The fourth-order valence-electron chi connectivity index (χ4n) is 2.05. The maximum absolute atomic E-state index is 12.9. The molecule has 0 saturated carbocycles. The van der Waals surface area contributed by atoms with Crippen LogP contribution in [-0.2, 0) is 15.7 Å². The molecule has 0 unspecified atom stereocenters. The van der Waals surface area contributed by atoms with Crippen LogP contribution in [0.4, 0.5) is 19.0 Å². The summed E-state index contributed by atoms with van der Waals surface area (Å²) in [6, 6.07) is 2.26. The molecule has 2 rings (SSSR count). The van der Waals surface area contributed by atoms with Gasteiger partial charge in [-0.1, -0.05) is 6.08 Å². The van der Waals surface area contributed by atoms with Crippen molar-refractivity contribution in [1.29, 1.82) is 0 Å². The van der Waals surface area contributed by atoms with Crippen molar-refractivity contribution in [2.75, 3.05) is 25.1 Å². The quantitative estimate of drug-likeness (QED) is 0.783. The lowest BCUT2D eigenvalue weighted by Crippen LogP contribution is -2.32. The van der Waals surface area contributed by atoms with Crippen molar-refractivity contribution in [3.05, 3.63) is 35.5 Å². The lowest BCUT2D eigenvalue weighted by molar-refractivity contribution is -0.138. The fraction of sp³-hybridized carbons (Fsp3) is 0.385. The normalized spacial score (nSPS) is 15.8. The summed E-state index contributed by atoms with van der Waals surface area (Å²) in [6.45, 7) is 0.492. The van der Waals surface area contributed by atoms with Gasteiger partial charge in [0.25, 0.3) is 0 Å². The Bertz CT molecular complexity index is 541. The van der Waals surface area contributed by atoms with Gasteiger partial charge in [-0.15, -0.1) is 0 Å². The summed E-state index contributed by atoms with van der Waals surface area (Å²) in [4.78, 5) is 16.6. The van der Waals surface area contributed by atoms with Gasteiger partial charge in [0.05, 0.1) is 12.7 Å². The van der Waals surface area contributed by atoms with Crippen molar-refractivity contribution in [2.24, 2.45) is 0 Å². The van der Waals surface area contributed by atoms with E-state index in [4.69, 9.17) is 0 Å². The Morgan fingerprint density at radius 3 is 2.75 bits per heavy atom. The Morgan fingerprint density at radius 2 is 2.20 bits per heavy atom. The largest absolute Gasteiger partial charge is 0.466 e. The second-order valence-electron chi connectivity index (χ2n) is 4.29. The summed E-state index contributed by atoms with van der Waals surface area (Å²) in [5.41, 5.74) is -0.289. The van der Waals surface area contributed by atoms with Crippen molar-refractivity contribution in [2.45, 2.75) is 12.6 Å². The highest BCUT2D eigenvalue weighted by molar-refractivity contribution is 5.88. The van der Waals surface area contributed by atoms with Crippen LogP contribution in [0.25, 0.3) is 0 Å². The number of pyridine rings is 1. The molecule has 7 heteroatoms. The first-order valence-electron chi connectivity index (χ1n) is 5.98. The molecule has 4 nitrogen and oxygen atoms in total. The van der Waals surface area contributed by atoms with Gasteiger partial charge < -0.3 is 9.64 Å². The molecule has 0 aliphatic carbocycles. The van der Waals surface area contributed by atoms with E-state index in [0.29, 0.717) is 18.5 Å². The number of esters is 1. The van der Waals surface area contributed by atoms with Crippen molar-refractivity contribution in [1.82, 2.24) is 4.98 Å². The van der Waals surface area contributed by atoms with E-state index in [-0.39, 0.29) is 12.4 Å². The second-order valence-corrected chi connectivity index (χ2v) is 4.29. The molecular formula is C13H13F3N2O2. The summed E-state index contributed by atoms with van der Waals surface area (Å²) in [5.74, 6) is -0.554. The number of halogens is 3. The Kier molecular flexibility index (Phi) is 3.96. The minimum Gasteiger partial charge on any atom is -0.466 e. The molecule has 0 fully saturated rings. The molecule has 1 aliphatic heterocycles. The average Bonchev–Trinajstić information content (AvgIpc) is 2.46. The predicted octanol–water partition coefficient (Wildman–Crippen LogP) is 2.41. The van der Waals surface area contributed by atoms with E-state index in [1.807, 2.05) is 0 Å². The average molecular weight is 286 g/mol. The molecule has 0 N–H and O–H groups in total. The summed E-state index contributed by atoms with van der Waals surface area (Å²) in [5, 5.41) is 0. The Morgan fingerprint density at radius 1 is 1.45 bits per heavy atom. The van der Waals surface area contributed by atoms with Crippen LogP contribution in [0.3, 0.4) is 0 Å². The molecule has 0 amide bonds. The molecule has 108 valence electrons. The molecule has 0 spiro atoms. The number of methoxy groups -OCH3 is 1. The van der Waals surface area contributed by atoms with E-state index >= 15 is 0 Å². The summed E-state index contributed by atoms with van der Waals surface area (Å²) in [7, 11) is 1.27. The van der Waals surface area contributed by atoms with Crippen LogP contribution < -0.4 is 4.90 Å². The summed E-state index contributed by atoms with van der Waals surface area (Å²) >= 11 is 0. The maximum atomic E-state index is 12.9. The van der Waals surface area contributed by atoms with Gasteiger partial charge >= 0.3 is 12.1 Å². The lowest BCUT2D eigenvalue weighted by atomic mass is 10.1. The van der Waals surface area contributed by atoms with Crippen LogP contribution in [0.15, 0.2) is 30.0 Å². The van der Waals surface area contributed by atoms with E-state index in [1.54, 1.807) is 6.08 Å². The standard InChI is InChI=1S/C13H13F3N2O2/c1-20-12(19)9-4-7-18(8-5-9)11-10(13(14,15)16)3-2-6-17-11/h2-4,6H,5,7-8H2,1H3. The Balaban J connectivity index is 2.24. The number of carbonyl (C=O) groups excluding carboxylic acids is 1. The molecule has 20 heavy (non-hydrogen) atoms. The van der Waals surface area contributed by atoms with Crippen molar-refractivity contribution in [3.8, 4) is 0 Å². The first-order valence-corrected chi connectivity index (χ1v) is 5.98. The van der Waals surface area contributed by atoms with Crippen molar-refractivity contribution in [3.63, 3.8) is 0 Å². The highest BCUT2D eigenvalue weighted by Gasteiger charge is 2.36. The highest BCUT2D eigenvalue weighted by Crippen LogP contribution is 2.35. The number of nitrogens with zero attached hydrogens (tertiary/aromatic N) is 2. The van der Waals surface area contributed by atoms with E-state index in [0.717, 1.165) is 6.07 Å². The van der Waals surface area contributed by atoms with Crippen molar-refractivity contribution < 1.29 is 22.7 Å². The third kappa shape index (κ3) is 2.92. The van der Waals surface area contributed by atoms with Crippen LogP contribution in [0, 0.1) is 0 Å². The van der Waals surface area contributed by atoms with E-state index < -0.39 is 17.7 Å². The second kappa shape index (κ2) is 5.52. The van der Waals surface area contributed by atoms with Gasteiger partial charge in [-0.05, 0) is 18.6 Å². The van der Waals surface area contributed by atoms with Crippen LogP contribution in [-0.4, -0.2) is 31.2 Å². The first kappa shape index (κ1) is 14.4. The number of alkyl halides is 3. The molecule has 1 aromatic heterocycles. The Hall–Kier alpha value is -2.05. The van der Waals surface area contributed by atoms with Crippen LogP contribution in [0.5, 0.6) is 0 Å². The van der Waals surface area contributed by atoms with Gasteiger partial charge in [0.15, 0.2) is 0 Å². The third-order valence-corrected chi connectivity index (χ3v) is 3.05. The number of rotatable bonds is 2. The number of hydrogen-bond acceptors (Lipinski definition) is 4. The zero-order chi connectivity index (χ0) is 14.8. The van der Waals surface area contributed by atoms with Gasteiger partial charge in [0.2, 0.25) is 0 Å². The maximum Gasteiger partial charge on any atom is 0.419 e. The van der Waals surface area contributed by atoms with E-state index in [1.165, 1.54) is 24.3 Å². The minimum absolute atomic E-state index is 0.111. The number of aromatic nitrogens is 1. The monoisotopic (exact) mass is 286 g/mol. The van der Waals surface area contributed by atoms with Gasteiger partial charge in [0.1, 0.15) is 5.82 Å². The summed E-state index contributed by atoms with van der Waals surface area (Å²) < 4.78 is 43.3. The Labute approximate surface area is 113 Å². The predicted molar refractivity (Wildman–Crippen MR) is 66.2 cm³/mol. The number of ether oxygens (including phenoxy) is 1. The molecule has 0 bridgehead atoms. The zero-order valence-corrected chi connectivity index (χ0v) is 10.8. The van der Waals surface area contributed by atoms with Crippen molar-refractivity contribution >= 4 is 11.8 Å². The van der Waals surface area contributed by atoms with Gasteiger partial charge in [-0.2, -0.15) is 13.2 Å². The molecule has 2 heterocycles. The molecular weight excluding hydrogens is 273 g/mol. The third-order valence-electron chi connectivity index (χ3n) is 3.05. The van der Waals surface area contributed by atoms with Gasteiger partial charge in [-0.3, -0.25) is 0 Å². The van der Waals surface area contributed by atoms with Crippen LogP contribution in [0.2, 0.25) is 0 Å². The molecule has 0 atom stereocenters. The molecule has 0 saturated heterocycles. The van der Waals surface area contributed by atoms with Crippen LogP contribution >= 0.6 is 0 Å². The fourth-order valence-corrected chi connectivity index (χ4v) is 2.05. The number of carbonyl (C=O) groups is 1.